The lowest BCUT2D eigenvalue weighted by molar-refractivity contribution is 0.203. The van der Waals surface area contributed by atoms with Crippen molar-refractivity contribution in [3.8, 4) is 6.07 Å². The van der Waals surface area contributed by atoms with Crippen LogP contribution in [0.5, 0.6) is 0 Å². The van der Waals surface area contributed by atoms with Crippen LogP contribution in [0.3, 0.4) is 0 Å². The molecule has 0 radical (unpaired) electrons. The van der Waals surface area contributed by atoms with Crippen molar-refractivity contribution < 1.29 is 5.11 Å². The molecule has 80 valence electrons. The minimum atomic E-state index is 0.222. The summed E-state index contributed by atoms with van der Waals surface area (Å²) in [5.41, 5.74) is 0.262. The minimum Gasteiger partial charge on any atom is -0.396 e. The monoisotopic (exact) mass is 196 g/mol. The first-order valence-electron chi connectivity index (χ1n) is 5.35. The van der Waals surface area contributed by atoms with Gasteiger partial charge in [0.05, 0.1) is 6.07 Å². The van der Waals surface area contributed by atoms with E-state index < -0.39 is 0 Å². The van der Waals surface area contributed by atoms with Crippen molar-refractivity contribution in [1.82, 2.24) is 5.32 Å². The van der Waals surface area contributed by atoms with Crippen molar-refractivity contribution in [3.63, 3.8) is 0 Å². The van der Waals surface area contributed by atoms with Crippen LogP contribution in [0.1, 0.15) is 33.1 Å². The first-order valence-corrected chi connectivity index (χ1v) is 5.35. The van der Waals surface area contributed by atoms with Gasteiger partial charge in [0.25, 0.3) is 0 Å². The van der Waals surface area contributed by atoms with E-state index in [0.717, 1.165) is 6.54 Å². The number of hydrogen-bond acceptors (Lipinski definition) is 3. The molecule has 0 aromatic carbocycles. The molecule has 0 heterocycles. The number of rotatable bonds is 6. The third kappa shape index (κ3) is 2.97. The van der Waals surface area contributed by atoms with Crippen LogP contribution in [0.2, 0.25) is 0 Å². The normalized spacial score (nSPS) is 22.4. The largest absolute Gasteiger partial charge is 0.396 e. The van der Waals surface area contributed by atoms with Crippen LogP contribution < -0.4 is 5.32 Å². The third-order valence-electron chi connectivity index (χ3n) is 3.35. The minimum absolute atomic E-state index is 0.222. The Bertz CT molecular complexity index is 218. The molecular weight excluding hydrogens is 176 g/mol. The van der Waals surface area contributed by atoms with E-state index >= 15 is 0 Å². The van der Waals surface area contributed by atoms with E-state index in [1.54, 1.807) is 0 Å². The summed E-state index contributed by atoms with van der Waals surface area (Å²) in [6.45, 7) is 5.26. The number of nitriles is 1. The summed E-state index contributed by atoms with van der Waals surface area (Å²) in [6.07, 6.45) is 3.02. The number of hydrogen-bond donors (Lipinski definition) is 2. The predicted octanol–water partition coefficient (Wildman–Crippen LogP) is 1.29. The molecule has 3 heteroatoms. The van der Waals surface area contributed by atoms with Crippen molar-refractivity contribution in [1.29, 1.82) is 5.26 Å². The van der Waals surface area contributed by atoms with Gasteiger partial charge < -0.3 is 10.4 Å². The van der Waals surface area contributed by atoms with Crippen LogP contribution in [0.4, 0.5) is 0 Å². The van der Waals surface area contributed by atoms with Crippen molar-refractivity contribution in [2.24, 2.45) is 11.3 Å². The number of aliphatic hydroxyl groups is 1. The second-order valence-corrected chi connectivity index (χ2v) is 4.66. The predicted molar refractivity (Wildman–Crippen MR) is 55.6 cm³/mol. The van der Waals surface area contributed by atoms with Crippen LogP contribution >= 0.6 is 0 Å². The number of aliphatic hydroxyl groups excluding tert-OH is 1. The zero-order valence-electron chi connectivity index (χ0n) is 9.08. The highest BCUT2D eigenvalue weighted by Gasteiger charge is 2.42. The highest BCUT2D eigenvalue weighted by molar-refractivity contribution is 5.01. The maximum Gasteiger partial charge on any atom is 0.0628 e. The van der Waals surface area contributed by atoms with E-state index in [9.17, 15) is 0 Å². The SMILES string of the molecule is CC(CO)C(C)NCC1(CC#N)CC1. The summed E-state index contributed by atoms with van der Waals surface area (Å²) in [5.74, 6) is 0.285. The van der Waals surface area contributed by atoms with Crippen LogP contribution in [-0.4, -0.2) is 24.3 Å². The van der Waals surface area contributed by atoms with Gasteiger partial charge in [-0.15, -0.1) is 0 Å². The van der Waals surface area contributed by atoms with Gasteiger partial charge in [-0.2, -0.15) is 5.26 Å². The van der Waals surface area contributed by atoms with Gasteiger partial charge in [-0.25, -0.2) is 0 Å². The van der Waals surface area contributed by atoms with Gasteiger partial charge in [0, 0.05) is 25.6 Å². The Morgan fingerprint density at radius 1 is 1.50 bits per heavy atom. The van der Waals surface area contributed by atoms with Crippen molar-refractivity contribution in [3.05, 3.63) is 0 Å². The zero-order chi connectivity index (χ0) is 10.6. The van der Waals surface area contributed by atoms with E-state index in [1.165, 1.54) is 12.8 Å². The average molecular weight is 196 g/mol. The Balaban J connectivity index is 2.23. The lowest BCUT2D eigenvalue weighted by Crippen LogP contribution is -2.37. The molecule has 1 fully saturated rings. The first-order chi connectivity index (χ1) is 6.63. The lowest BCUT2D eigenvalue weighted by atomic mass is 10.0. The number of nitrogens with zero attached hydrogens (tertiary/aromatic N) is 1. The second kappa shape index (κ2) is 4.77. The summed E-state index contributed by atoms with van der Waals surface area (Å²) >= 11 is 0. The van der Waals surface area contributed by atoms with Crippen molar-refractivity contribution in [2.45, 2.75) is 39.2 Å². The highest BCUT2D eigenvalue weighted by atomic mass is 16.3. The summed E-state index contributed by atoms with van der Waals surface area (Å²) < 4.78 is 0. The van der Waals surface area contributed by atoms with Crippen molar-refractivity contribution in [2.75, 3.05) is 13.2 Å². The van der Waals surface area contributed by atoms with E-state index in [0.29, 0.717) is 12.5 Å². The maximum atomic E-state index is 8.96. The molecule has 14 heavy (non-hydrogen) atoms. The summed E-state index contributed by atoms with van der Waals surface area (Å²) in [7, 11) is 0. The molecule has 2 unspecified atom stereocenters. The molecule has 1 aliphatic rings. The molecule has 3 nitrogen and oxygen atoms in total. The average Bonchev–Trinajstić information content (AvgIpc) is 2.94. The van der Waals surface area contributed by atoms with Gasteiger partial charge in [-0.1, -0.05) is 6.92 Å². The molecular formula is C11H20N2O. The van der Waals surface area contributed by atoms with Gasteiger partial charge in [0.15, 0.2) is 0 Å². The molecule has 0 bridgehead atoms. The van der Waals surface area contributed by atoms with Crippen LogP contribution in [0, 0.1) is 22.7 Å². The topological polar surface area (TPSA) is 56.0 Å². The van der Waals surface area contributed by atoms with Crippen LogP contribution in [-0.2, 0) is 0 Å². The van der Waals surface area contributed by atoms with Gasteiger partial charge in [-0.05, 0) is 31.1 Å². The van der Waals surface area contributed by atoms with Gasteiger partial charge in [0.1, 0.15) is 0 Å². The fourth-order valence-corrected chi connectivity index (χ4v) is 1.50. The molecule has 0 aliphatic heterocycles. The van der Waals surface area contributed by atoms with Crippen LogP contribution in [0.15, 0.2) is 0 Å². The molecule has 1 rings (SSSR count). The standard InChI is InChI=1S/C11H20N2O/c1-9(7-14)10(2)13-8-11(3-4-11)5-6-12/h9-10,13-14H,3-5,7-8H2,1-2H3. The van der Waals surface area contributed by atoms with Gasteiger partial charge in [-0.3, -0.25) is 0 Å². The second-order valence-electron chi connectivity index (χ2n) is 4.66. The first kappa shape index (κ1) is 11.5. The lowest BCUT2D eigenvalue weighted by Gasteiger charge is -2.22. The molecule has 0 aromatic rings. The molecule has 0 amide bonds. The van der Waals surface area contributed by atoms with Gasteiger partial charge >= 0.3 is 0 Å². The quantitative estimate of drug-likeness (QED) is 0.673. The number of nitrogens with one attached hydrogen (secondary N) is 1. The Labute approximate surface area is 86.1 Å². The molecule has 0 aromatic heterocycles. The molecule has 0 saturated heterocycles. The molecule has 2 N–H and O–H groups in total. The van der Waals surface area contributed by atoms with E-state index in [1.807, 2.05) is 6.92 Å². The van der Waals surface area contributed by atoms with E-state index in [2.05, 4.69) is 18.3 Å². The third-order valence-corrected chi connectivity index (χ3v) is 3.35. The molecule has 1 aliphatic carbocycles. The summed E-state index contributed by atoms with van der Waals surface area (Å²) in [4.78, 5) is 0. The summed E-state index contributed by atoms with van der Waals surface area (Å²) in [5, 5.41) is 21.0. The fraction of sp³-hybridized carbons (Fsp3) is 0.909. The molecule has 2 atom stereocenters. The maximum absolute atomic E-state index is 8.96. The zero-order valence-corrected chi connectivity index (χ0v) is 9.08. The Kier molecular flexibility index (Phi) is 3.91. The highest BCUT2D eigenvalue weighted by Crippen LogP contribution is 2.47. The summed E-state index contributed by atoms with van der Waals surface area (Å²) in [6, 6.07) is 2.58. The molecule has 0 spiro atoms. The Morgan fingerprint density at radius 2 is 2.14 bits per heavy atom. The van der Waals surface area contributed by atoms with Gasteiger partial charge in [0.2, 0.25) is 0 Å². The smallest absolute Gasteiger partial charge is 0.0628 e. The Morgan fingerprint density at radius 3 is 2.57 bits per heavy atom. The Hall–Kier alpha value is -0.590. The van der Waals surface area contributed by atoms with Crippen LogP contribution in [0.25, 0.3) is 0 Å². The van der Waals surface area contributed by atoms with E-state index in [-0.39, 0.29) is 17.9 Å². The van der Waals surface area contributed by atoms with E-state index in [4.69, 9.17) is 10.4 Å². The van der Waals surface area contributed by atoms with Crippen molar-refractivity contribution >= 4 is 0 Å². The molecule has 1 saturated carbocycles. The fourth-order valence-electron chi connectivity index (χ4n) is 1.50.